The topological polar surface area (TPSA) is 46.6 Å². The second-order valence-corrected chi connectivity index (χ2v) is 6.10. The third-order valence-electron chi connectivity index (χ3n) is 3.63. The van der Waals surface area contributed by atoms with Crippen molar-refractivity contribution in [2.45, 2.75) is 6.92 Å². The predicted molar refractivity (Wildman–Crippen MR) is 96.6 cm³/mol. The molecule has 0 bridgehead atoms. The van der Waals surface area contributed by atoms with Gasteiger partial charge in [0.25, 0.3) is 11.1 Å². The molecule has 0 saturated carbocycles. The van der Waals surface area contributed by atoms with Crippen LogP contribution in [-0.2, 0) is 4.79 Å². The van der Waals surface area contributed by atoms with Crippen LogP contribution in [0.4, 0.5) is 4.79 Å². The van der Waals surface area contributed by atoms with Crippen molar-refractivity contribution in [2.75, 3.05) is 13.2 Å². The number of carbonyl (C=O) groups is 2. The van der Waals surface area contributed by atoms with Crippen LogP contribution < -0.4 is 4.74 Å². The second kappa shape index (κ2) is 6.81. The number of carbonyl (C=O) groups excluding carboxylic acids is 2. The lowest BCUT2D eigenvalue weighted by atomic mass is 10.0. The number of hydrogen-bond donors (Lipinski definition) is 0. The van der Waals surface area contributed by atoms with Crippen LogP contribution in [0.3, 0.4) is 0 Å². The SMILES string of the molecule is C#CCN1C(=O)S/C(=C/c2ccc(OCC)c3ccccc23)C1=O. The minimum absolute atomic E-state index is 0.00790. The number of amides is 2. The van der Waals surface area contributed by atoms with Crippen LogP contribution >= 0.6 is 11.8 Å². The van der Waals surface area contributed by atoms with Crippen LogP contribution in [0.25, 0.3) is 16.8 Å². The fraction of sp³-hybridized carbons (Fsp3) is 0.158. The van der Waals surface area contributed by atoms with E-state index in [4.69, 9.17) is 11.2 Å². The van der Waals surface area contributed by atoms with Crippen molar-refractivity contribution >= 4 is 39.8 Å². The van der Waals surface area contributed by atoms with E-state index in [0.29, 0.717) is 11.5 Å². The van der Waals surface area contributed by atoms with Crippen molar-refractivity contribution in [3.63, 3.8) is 0 Å². The molecule has 0 atom stereocenters. The molecule has 0 aromatic heterocycles. The lowest BCUT2D eigenvalue weighted by molar-refractivity contribution is -0.122. The van der Waals surface area contributed by atoms with Crippen molar-refractivity contribution in [1.29, 1.82) is 0 Å². The maximum atomic E-state index is 12.3. The molecule has 3 rings (SSSR count). The Balaban J connectivity index is 2.05. The number of nitrogens with zero attached hydrogens (tertiary/aromatic N) is 1. The van der Waals surface area contributed by atoms with E-state index in [1.54, 1.807) is 6.08 Å². The molecule has 0 aliphatic carbocycles. The van der Waals surface area contributed by atoms with Crippen molar-refractivity contribution in [3.8, 4) is 18.1 Å². The number of hydrogen-bond acceptors (Lipinski definition) is 4. The molecule has 2 aromatic carbocycles. The van der Waals surface area contributed by atoms with Gasteiger partial charge in [-0.05, 0) is 41.8 Å². The van der Waals surface area contributed by atoms with Gasteiger partial charge in [0.1, 0.15) is 5.75 Å². The van der Waals surface area contributed by atoms with Gasteiger partial charge in [-0.25, -0.2) is 0 Å². The average Bonchev–Trinajstić information content (AvgIpc) is 2.85. The van der Waals surface area contributed by atoms with E-state index in [9.17, 15) is 9.59 Å². The van der Waals surface area contributed by atoms with Crippen molar-refractivity contribution in [1.82, 2.24) is 4.90 Å². The normalized spacial score (nSPS) is 16.0. The Morgan fingerprint density at radius 2 is 1.96 bits per heavy atom. The molecule has 1 heterocycles. The predicted octanol–water partition coefficient (Wildman–Crippen LogP) is 3.91. The number of fused-ring (bicyclic) bond motifs is 1. The molecule has 1 aliphatic heterocycles. The Bertz CT molecular complexity index is 895. The molecule has 1 aliphatic rings. The molecule has 0 radical (unpaired) electrons. The first kappa shape index (κ1) is 16.2. The Morgan fingerprint density at radius 1 is 1.21 bits per heavy atom. The zero-order valence-electron chi connectivity index (χ0n) is 13.1. The molecule has 120 valence electrons. The van der Waals surface area contributed by atoms with Crippen LogP contribution in [0, 0.1) is 12.3 Å². The fourth-order valence-electron chi connectivity index (χ4n) is 2.57. The molecule has 2 amide bonds. The number of thioether (sulfide) groups is 1. The van der Waals surface area contributed by atoms with E-state index >= 15 is 0 Å². The van der Waals surface area contributed by atoms with Gasteiger partial charge in [0.2, 0.25) is 0 Å². The van der Waals surface area contributed by atoms with Gasteiger partial charge in [0, 0.05) is 5.39 Å². The molecule has 5 heteroatoms. The highest BCUT2D eigenvalue weighted by Gasteiger charge is 2.34. The molecule has 4 nitrogen and oxygen atoms in total. The first-order valence-electron chi connectivity index (χ1n) is 7.49. The van der Waals surface area contributed by atoms with Crippen LogP contribution in [-0.4, -0.2) is 29.2 Å². The zero-order valence-corrected chi connectivity index (χ0v) is 13.9. The molecular formula is C19H15NO3S. The number of terminal acetylenes is 1. The van der Waals surface area contributed by atoms with Gasteiger partial charge in [-0.1, -0.05) is 36.3 Å². The Kier molecular flexibility index (Phi) is 4.59. The van der Waals surface area contributed by atoms with Crippen LogP contribution in [0.5, 0.6) is 5.75 Å². The summed E-state index contributed by atoms with van der Waals surface area (Å²) in [6, 6.07) is 11.6. The van der Waals surface area contributed by atoms with E-state index in [-0.39, 0.29) is 17.7 Å². The molecule has 24 heavy (non-hydrogen) atoms. The first-order valence-corrected chi connectivity index (χ1v) is 8.30. The highest BCUT2D eigenvalue weighted by molar-refractivity contribution is 8.18. The minimum Gasteiger partial charge on any atom is -0.493 e. The Labute approximate surface area is 144 Å². The van der Waals surface area contributed by atoms with Crippen molar-refractivity contribution < 1.29 is 14.3 Å². The summed E-state index contributed by atoms with van der Waals surface area (Å²) in [7, 11) is 0. The first-order chi connectivity index (χ1) is 11.7. The van der Waals surface area contributed by atoms with Crippen LogP contribution in [0.1, 0.15) is 12.5 Å². The zero-order chi connectivity index (χ0) is 17.1. The Morgan fingerprint density at radius 3 is 2.67 bits per heavy atom. The molecule has 0 spiro atoms. The number of imide groups is 1. The third-order valence-corrected chi connectivity index (χ3v) is 4.53. The summed E-state index contributed by atoms with van der Waals surface area (Å²) in [5.41, 5.74) is 0.861. The van der Waals surface area contributed by atoms with Gasteiger partial charge in [-0.15, -0.1) is 6.42 Å². The van der Waals surface area contributed by atoms with Gasteiger partial charge in [0.05, 0.1) is 18.1 Å². The molecule has 1 saturated heterocycles. The molecule has 0 N–H and O–H groups in total. The standard InChI is InChI=1S/C19H15NO3S/c1-3-11-20-18(21)17(24-19(20)22)12-13-9-10-16(23-4-2)15-8-6-5-7-14(13)15/h1,5-10,12H,4,11H2,2H3/b17-12+. The van der Waals surface area contributed by atoms with E-state index in [1.807, 2.05) is 43.3 Å². The van der Waals surface area contributed by atoms with E-state index in [2.05, 4.69) is 5.92 Å². The Hall–Kier alpha value is -2.71. The lowest BCUT2D eigenvalue weighted by Crippen LogP contribution is -2.28. The summed E-state index contributed by atoms with van der Waals surface area (Å²) >= 11 is 0.911. The molecular weight excluding hydrogens is 322 g/mol. The van der Waals surface area contributed by atoms with Crippen molar-refractivity contribution in [2.24, 2.45) is 0 Å². The number of benzene rings is 2. The van der Waals surface area contributed by atoms with Gasteiger partial charge in [-0.2, -0.15) is 0 Å². The number of rotatable bonds is 4. The highest BCUT2D eigenvalue weighted by atomic mass is 32.2. The molecule has 1 fully saturated rings. The average molecular weight is 337 g/mol. The van der Waals surface area contributed by atoms with Gasteiger partial charge < -0.3 is 4.74 Å². The van der Waals surface area contributed by atoms with E-state index in [1.165, 1.54) is 0 Å². The summed E-state index contributed by atoms with van der Waals surface area (Å²) in [6.07, 6.45) is 6.95. The largest absolute Gasteiger partial charge is 0.493 e. The summed E-state index contributed by atoms with van der Waals surface area (Å²) < 4.78 is 5.65. The highest BCUT2D eigenvalue weighted by Crippen LogP contribution is 2.35. The van der Waals surface area contributed by atoms with E-state index < -0.39 is 0 Å². The van der Waals surface area contributed by atoms with Crippen molar-refractivity contribution in [3.05, 3.63) is 46.9 Å². The quantitative estimate of drug-likeness (QED) is 0.627. The fourth-order valence-corrected chi connectivity index (χ4v) is 3.40. The summed E-state index contributed by atoms with van der Waals surface area (Å²) in [6.45, 7) is 2.50. The van der Waals surface area contributed by atoms with Crippen LogP contribution in [0.2, 0.25) is 0 Å². The third kappa shape index (κ3) is 2.89. The monoisotopic (exact) mass is 337 g/mol. The van der Waals surface area contributed by atoms with E-state index in [0.717, 1.165) is 38.7 Å². The van der Waals surface area contributed by atoms with Gasteiger partial charge >= 0.3 is 0 Å². The smallest absolute Gasteiger partial charge is 0.294 e. The number of ether oxygens (including phenoxy) is 1. The maximum Gasteiger partial charge on any atom is 0.294 e. The lowest BCUT2D eigenvalue weighted by Gasteiger charge is -2.10. The van der Waals surface area contributed by atoms with Crippen LogP contribution in [0.15, 0.2) is 41.3 Å². The maximum absolute atomic E-state index is 12.3. The van der Waals surface area contributed by atoms with Gasteiger partial charge in [-0.3, -0.25) is 14.5 Å². The van der Waals surface area contributed by atoms with Gasteiger partial charge in [0.15, 0.2) is 0 Å². The molecule has 0 unspecified atom stereocenters. The summed E-state index contributed by atoms with van der Waals surface area (Å²) in [4.78, 5) is 25.7. The summed E-state index contributed by atoms with van der Waals surface area (Å²) in [5.74, 6) is 2.78. The molecule has 2 aromatic rings. The second-order valence-electron chi connectivity index (χ2n) is 5.10. The minimum atomic E-state index is -0.346. The summed E-state index contributed by atoms with van der Waals surface area (Å²) in [5, 5.41) is 1.60.